The third-order valence-corrected chi connectivity index (χ3v) is 1.52. The summed E-state index contributed by atoms with van der Waals surface area (Å²) in [5.41, 5.74) is 1.54. The minimum absolute atomic E-state index is 1.08. The van der Waals surface area contributed by atoms with Gasteiger partial charge in [0.25, 0.3) is 0 Å². The minimum Gasteiger partial charge on any atom is -0.313 e. The molecule has 0 saturated carbocycles. The van der Waals surface area contributed by atoms with Gasteiger partial charge >= 0.3 is 0 Å². The van der Waals surface area contributed by atoms with Gasteiger partial charge in [-0.05, 0) is 26.3 Å². The second-order valence-corrected chi connectivity index (χ2v) is 2.36. The smallest absolute Gasteiger partial charge is 0.0137 e. The molecule has 1 aliphatic heterocycles. The molecule has 0 aromatic heterocycles. The summed E-state index contributed by atoms with van der Waals surface area (Å²) in [4.78, 5) is 0. The lowest BCUT2D eigenvalue weighted by Gasteiger charge is -1.92. The van der Waals surface area contributed by atoms with Crippen LogP contribution in [0.3, 0.4) is 0 Å². The Balaban J connectivity index is -0.000000174. The normalized spacial score (nSPS) is 13.8. The third kappa shape index (κ3) is 17.7. The van der Waals surface area contributed by atoms with Crippen LogP contribution in [0.15, 0.2) is 11.6 Å². The minimum atomic E-state index is 1.08. The van der Waals surface area contributed by atoms with Gasteiger partial charge in [-0.2, -0.15) is 0 Å². The fourth-order valence-electron chi connectivity index (χ4n) is 0.943. The third-order valence-electron chi connectivity index (χ3n) is 1.52. The average Bonchev–Trinajstić information content (AvgIpc) is 2.54. The van der Waals surface area contributed by atoms with Crippen molar-refractivity contribution in [2.75, 3.05) is 13.1 Å². The molecule has 0 radical (unpaired) electrons. The van der Waals surface area contributed by atoms with Crippen molar-refractivity contribution in [1.82, 2.24) is 5.32 Å². The van der Waals surface area contributed by atoms with Crippen LogP contribution >= 0.6 is 0 Å². The highest BCUT2D eigenvalue weighted by Crippen LogP contribution is 2.03. The molecular weight excluding hydrogens is 170 g/mol. The number of nitrogens with one attached hydrogen (secondary N) is 1. The van der Waals surface area contributed by atoms with E-state index in [1.165, 1.54) is 25.0 Å². The van der Waals surface area contributed by atoms with Gasteiger partial charge in [0.15, 0.2) is 0 Å². The molecule has 0 aromatic carbocycles. The molecule has 0 fully saturated rings. The molecule has 0 saturated heterocycles. The first kappa shape index (κ1) is 19.3. The Morgan fingerprint density at radius 1 is 1.00 bits per heavy atom. The van der Waals surface area contributed by atoms with Crippen molar-refractivity contribution < 1.29 is 0 Å². The molecule has 0 aliphatic carbocycles. The van der Waals surface area contributed by atoms with Crippen LogP contribution in [0.4, 0.5) is 0 Å². The molecule has 0 spiro atoms. The summed E-state index contributed by atoms with van der Waals surface area (Å²) < 4.78 is 0. The van der Waals surface area contributed by atoms with E-state index in [9.17, 15) is 0 Å². The second kappa shape index (κ2) is 23.0. The van der Waals surface area contributed by atoms with Gasteiger partial charge in [0.05, 0.1) is 0 Å². The van der Waals surface area contributed by atoms with E-state index in [1.54, 1.807) is 0 Å². The average molecular weight is 201 g/mol. The highest BCUT2D eigenvalue weighted by molar-refractivity contribution is 5.00. The lowest BCUT2D eigenvalue weighted by molar-refractivity contribution is 0.715. The van der Waals surface area contributed by atoms with Gasteiger partial charge in [0, 0.05) is 6.54 Å². The van der Waals surface area contributed by atoms with E-state index in [0.717, 1.165) is 6.54 Å². The van der Waals surface area contributed by atoms with E-state index in [-0.39, 0.29) is 0 Å². The van der Waals surface area contributed by atoms with Gasteiger partial charge in [-0.25, -0.2) is 0 Å². The number of allylic oxidation sites excluding steroid dienone is 1. The van der Waals surface area contributed by atoms with Gasteiger partial charge in [0.2, 0.25) is 0 Å². The zero-order valence-corrected chi connectivity index (χ0v) is 11.4. The van der Waals surface area contributed by atoms with Gasteiger partial charge in [0.1, 0.15) is 0 Å². The SMILES string of the molecule is CC.CC.CC.CC1=CCNCCC1. The largest absolute Gasteiger partial charge is 0.313 e. The van der Waals surface area contributed by atoms with Gasteiger partial charge < -0.3 is 5.32 Å². The summed E-state index contributed by atoms with van der Waals surface area (Å²) in [7, 11) is 0. The molecule has 0 atom stereocenters. The van der Waals surface area contributed by atoms with Crippen LogP contribution in [0, 0.1) is 0 Å². The van der Waals surface area contributed by atoms with Crippen LogP contribution < -0.4 is 5.32 Å². The maximum atomic E-state index is 3.30. The Kier molecular flexibility index (Phi) is 31.7. The molecule has 1 aliphatic rings. The molecule has 88 valence electrons. The molecular formula is C13H31N. The topological polar surface area (TPSA) is 12.0 Å². The zero-order chi connectivity index (χ0) is 11.8. The van der Waals surface area contributed by atoms with Crippen molar-refractivity contribution in [2.24, 2.45) is 0 Å². The second-order valence-electron chi connectivity index (χ2n) is 2.36. The maximum absolute atomic E-state index is 3.30. The first-order valence-electron chi connectivity index (χ1n) is 6.26. The molecule has 1 heteroatoms. The highest BCUT2D eigenvalue weighted by atomic mass is 14.8. The predicted octanol–water partition coefficient (Wildman–Crippen LogP) is 4.39. The zero-order valence-electron chi connectivity index (χ0n) is 11.4. The van der Waals surface area contributed by atoms with Crippen molar-refractivity contribution in [1.29, 1.82) is 0 Å². The van der Waals surface area contributed by atoms with E-state index in [1.807, 2.05) is 41.5 Å². The molecule has 0 amide bonds. The molecule has 0 unspecified atom stereocenters. The first-order valence-corrected chi connectivity index (χ1v) is 6.26. The van der Waals surface area contributed by atoms with Crippen molar-refractivity contribution in [3.8, 4) is 0 Å². The molecule has 0 aromatic rings. The summed E-state index contributed by atoms with van der Waals surface area (Å²) >= 11 is 0. The standard InChI is InChI=1S/C7H13N.3C2H6/c1-7-3-2-5-8-6-4-7;3*1-2/h4,8H,2-3,5-6H2,1H3;3*1-2H3. The summed E-state index contributed by atoms with van der Waals surface area (Å²) in [6.07, 6.45) is 4.86. The van der Waals surface area contributed by atoms with Crippen molar-refractivity contribution in [3.63, 3.8) is 0 Å². The lowest BCUT2D eigenvalue weighted by atomic mass is 10.2. The molecule has 0 bridgehead atoms. The number of hydrogen-bond acceptors (Lipinski definition) is 1. The summed E-state index contributed by atoms with van der Waals surface area (Å²) in [5, 5.41) is 3.30. The van der Waals surface area contributed by atoms with E-state index < -0.39 is 0 Å². The van der Waals surface area contributed by atoms with E-state index in [4.69, 9.17) is 0 Å². The van der Waals surface area contributed by atoms with Crippen LogP contribution in [-0.4, -0.2) is 13.1 Å². The summed E-state index contributed by atoms with van der Waals surface area (Å²) in [5.74, 6) is 0. The predicted molar refractivity (Wildman–Crippen MR) is 69.9 cm³/mol. The van der Waals surface area contributed by atoms with Gasteiger partial charge in [-0.1, -0.05) is 53.2 Å². The van der Waals surface area contributed by atoms with E-state index >= 15 is 0 Å². The van der Waals surface area contributed by atoms with Crippen LogP contribution in [-0.2, 0) is 0 Å². The molecule has 1 nitrogen and oxygen atoms in total. The van der Waals surface area contributed by atoms with Gasteiger partial charge in [-0.15, -0.1) is 0 Å². The molecule has 1 rings (SSSR count). The van der Waals surface area contributed by atoms with Crippen LogP contribution in [0.25, 0.3) is 0 Å². The number of rotatable bonds is 0. The Morgan fingerprint density at radius 3 is 2.00 bits per heavy atom. The summed E-state index contributed by atoms with van der Waals surface area (Å²) in [6, 6.07) is 0. The number of hydrogen-bond donors (Lipinski definition) is 1. The van der Waals surface area contributed by atoms with E-state index in [2.05, 4.69) is 18.3 Å². The van der Waals surface area contributed by atoms with Crippen molar-refractivity contribution >= 4 is 0 Å². The molecule has 1 heterocycles. The van der Waals surface area contributed by atoms with Crippen LogP contribution in [0.2, 0.25) is 0 Å². The van der Waals surface area contributed by atoms with Crippen LogP contribution in [0.1, 0.15) is 61.3 Å². The van der Waals surface area contributed by atoms with Gasteiger partial charge in [-0.3, -0.25) is 0 Å². The quantitative estimate of drug-likeness (QED) is 0.573. The summed E-state index contributed by atoms with van der Waals surface area (Å²) in [6.45, 7) is 16.5. The molecule has 14 heavy (non-hydrogen) atoms. The van der Waals surface area contributed by atoms with E-state index in [0.29, 0.717) is 0 Å². The Hall–Kier alpha value is -0.300. The first-order chi connectivity index (χ1) is 6.89. The monoisotopic (exact) mass is 201 g/mol. The van der Waals surface area contributed by atoms with Crippen molar-refractivity contribution in [3.05, 3.63) is 11.6 Å². The fraction of sp³-hybridized carbons (Fsp3) is 0.846. The maximum Gasteiger partial charge on any atom is 0.0137 e. The Morgan fingerprint density at radius 2 is 1.50 bits per heavy atom. The van der Waals surface area contributed by atoms with Crippen LogP contribution in [0.5, 0.6) is 0 Å². The fourth-order valence-corrected chi connectivity index (χ4v) is 0.943. The lowest BCUT2D eigenvalue weighted by Crippen LogP contribution is -2.12. The molecule has 1 N–H and O–H groups in total. The van der Waals surface area contributed by atoms with Crippen molar-refractivity contribution in [2.45, 2.75) is 61.3 Å². The Labute approximate surface area is 92.0 Å². The Bertz CT molecular complexity index is 95.4. The highest BCUT2D eigenvalue weighted by Gasteiger charge is 1.94.